The minimum absolute atomic E-state index is 0.0936. The number of halogens is 2. The molecule has 0 radical (unpaired) electrons. The Morgan fingerprint density at radius 3 is 2.38 bits per heavy atom. The summed E-state index contributed by atoms with van der Waals surface area (Å²) in [5, 5.41) is 11.7. The third-order valence-corrected chi connectivity index (χ3v) is 2.42. The normalized spacial score (nSPS) is 12.8. The Balaban J connectivity index is 2.48. The van der Waals surface area contributed by atoms with Crippen LogP contribution in [0.1, 0.15) is 31.4 Å². The van der Waals surface area contributed by atoms with Crippen LogP contribution < -0.4 is 5.32 Å². The lowest BCUT2D eigenvalue weighted by Gasteiger charge is -2.14. The molecule has 2 N–H and O–H groups in total. The van der Waals surface area contributed by atoms with E-state index in [4.69, 9.17) is 5.11 Å². The molecule has 0 aliphatic heterocycles. The minimum atomic E-state index is -0.556. The average molecular weight is 229 g/mol. The van der Waals surface area contributed by atoms with E-state index in [2.05, 4.69) is 5.32 Å². The van der Waals surface area contributed by atoms with Crippen molar-refractivity contribution in [2.45, 2.75) is 25.8 Å². The zero-order valence-electron chi connectivity index (χ0n) is 9.34. The highest BCUT2D eigenvalue weighted by Gasteiger charge is 2.07. The number of rotatable bonds is 6. The molecule has 1 rings (SSSR count). The Kier molecular flexibility index (Phi) is 5.35. The van der Waals surface area contributed by atoms with Crippen LogP contribution in [-0.2, 0) is 0 Å². The molecule has 1 aromatic carbocycles. The summed E-state index contributed by atoms with van der Waals surface area (Å²) in [6.45, 7) is 2.75. The molecule has 0 aliphatic rings. The topological polar surface area (TPSA) is 32.3 Å². The summed E-state index contributed by atoms with van der Waals surface area (Å²) in [5.41, 5.74) is 0.599. The molecule has 0 aliphatic carbocycles. The lowest BCUT2D eigenvalue weighted by molar-refractivity contribution is 0.283. The van der Waals surface area contributed by atoms with Gasteiger partial charge in [-0.15, -0.1) is 0 Å². The summed E-state index contributed by atoms with van der Waals surface area (Å²) in [4.78, 5) is 0. The predicted octanol–water partition coefficient (Wildman–Crippen LogP) is 2.39. The highest BCUT2D eigenvalue weighted by atomic mass is 19.1. The first kappa shape index (κ1) is 13.1. The van der Waals surface area contributed by atoms with Gasteiger partial charge in [0.05, 0.1) is 0 Å². The van der Waals surface area contributed by atoms with Gasteiger partial charge in [0.15, 0.2) is 0 Å². The third kappa shape index (κ3) is 4.24. The summed E-state index contributed by atoms with van der Waals surface area (Å²) in [7, 11) is 0. The fourth-order valence-corrected chi connectivity index (χ4v) is 1.50. The van der Waals surface area contributed by atoms with Gasteiger partial charge in [-0.1, -0.05) is 0 Å². The van der Waals surface area contributed by atoms with Gasteiger partial charge in [0, 0.05) is 18.7 Å². The first-order valence-corrected chi connectivity index (χ1v) is 5.43. The highest BCUT2D eigenvalue weighted by molar-refractivity contribution is 5.20. The number of nitrogens with one attached hydrogen (secondary N) is 1. The second-order valence-corrected chi connectivity index (χ2v) is 3.81. The van der Waals surface area contributed by atoms with Crippen molar-refractivity contribution in [3.63, 3.8) is 0 Å². The Hall–Kier alpha value is -1.00. The fraction of sp³-hybridized carbons (Fsp3) is 0.500. The van der Waals surface area contributed by atoms with Crippen LogP contribution in [0.5, 0.6) is 0 Å². The van der Waals surface area contributed by atoms with Gasteiger partial charge in [-0.25, -0.2) is 8.78 Å². The van der Waals surface area contributed by atoms with Crippen LogP contribution in [0.3, 0.4) is 0 Å². The maximum Gasteiger partial charge on any atom is 0.126 e. The molecule has 1 aromatic rings. The summed E-state index contributed by atoms with van der Waals surface area (Å²) in [5.74, 6) is -1.11. The molecule has 0 aromatic heterocycles. The van der Waals surface area contributed by atoms with Crippen LogP contribution in [0.25, 0.3) is 0 Å². The summed E-state index contributed by atoms with van der Waals surface area (Å²) >= 11 is 0. The lowest BCUT2D eigenvalue weighted by Crippen LogP contribution is -2.20. The van der Waals surface area contributed by atoms with E-state index >= 15 is 0 Å². The van der Waals surface area contributed by atoms with Gasteiger partial charge in [0.1, 0.15) is 11.6 Å². The quantitative estimate of drug-likeness (QED) is 0.734. The molecule has 0 fully saturated rings. The Labute approximate surface area is 94.3 Å². The van der Waals surface area contributed by atoms with E-state index in [1.165, 1.54) is 12.1 Å². The molecule has 0 bridgehead atoms. The Bertz CT molecular complexity index is 311. The number of hydrogen-bond donors (Lipinski definition) is 2. The van der Waals surface area contributed by atoms with E-state index in [1.54, 1.807) is 0 Å². The molecule has 4 heteroatoms. The molecule has 0 saturated heterocycles. The van der Waals surface area contributed by atoms with E-state index in [9.17, 15) is 8.78 Å². The van der Waals surface area contributed by atoms with Gasteiger partial charge in [-0.3, -0.25) is 0 Å². The summed E-state index contributed by atoms with van der Waals surface area (Å²) < 4.78 is 25.9. The van der Waals surface area contributed by atoms with E-state index in [-0.39, 0.29) is 12.6 Å². The van der Waals surface area contributed by atoms with E-state index in [1.807, 2.05) is 6.92 Å². The zero-order chi connectivity index (χ0) is 12.0. The van der Waals surface area contributed by atoms with Crippen LogP contribution in [-0.4, -0.2) is 18.3 Å². The Morgan fingerprint density at radius 1 is 1.19 bits per heavy atom. The van der Waals surface area contributed by atoms with Crippen LogP contribution in [0.4, 0.5) is 8.78 Å². The highest BCUT2D eigenvalue weighted by Crippen LogP contribution is 2.15. The molecule has 0 saturated carbocycles. The molecule has 0 spiro atoms. The third-order valence-electron chi connectivity index (χ3n) is 2.42. The van der Waals surface area contributed by atoms with Gasteiger partial charge in [-0.05, 0) is 44.0 Å². The SMILES string of the molecule is CC(NCCCCO)c1cc(F)cc(F)c1. The van der Waals surface area contributed by atoms with Crippen molar-refractivity contribution < 1.29 is 13.9 Å². The summed E-state index contributed by atoms with van der Waals surface area (Å²) in [6.07, 6.45) is 1.58. The lowest BCUT2D eigenvalue weighted by atomic mass is 10.1. The van der Waals surface area contributed by atoms with Crippen LogP contribution in [0, 0.1) is 11.6 Å². The first-order valence-electron chi connectivity index (χ1n) is 5.43. The minimum Gasteiger partial charge on any atom is -0.396 e. The predicted molar refractivity (Wildman–Crippen MR) is 59.1 cm³/mol. The maximum atomic E-state index is 12.9. The van der Waals surface area contributed by atoms with Crippen molar-refractivity contribution in [3.8, 4) is 0 Å². The van der Waals surface area contributed by atoms with Crippen molar-refractivity contribution in [1.29, 1.82) is 0 Å². The molecule has 1 unspecified atom stereocenters. The largest absolute Gasteiger partial charge is 0.396 e. The number of aliphatic hydroxyl groups is 1. The fourth-order valence-electron chi connectivity index (χ4n) is 1.50. The summed E-state index contributed by atoms with van der Waals surface area (Å²) in [6, 6.07) is 3.42. The maximum absolute atomic E-state index is 12.9. The molecular formula is C12H17F2NO. The van der Waals surface area contributed by atoms with E-state index < -0.39 is 11.6 Å². The second kappa shape index (κ2) is 6.55. The smallest absolute Gasteiger partial charge is 0.126 e. The molecule has 90 valence electrons. The molecule has 1 atom stereocenters. The van der Waals surface area contributed by atoms with Crippen molar-refractivity contribution in [3.05, 3.63) is 35.4 Å². The van der Waals surface area contributed by atoms with Crippen LogP contribution >= 0.6 is 0 Å². The Morgan fingerprint density at radius 2 is 1.81 bits per heavy atom. The number of benzene rings is 1. The van der Waals surface area contributed by atoms with Crippen molar-refractivity contribution >= 4 is 0 Å². The number of hydrogen-bond acceptors (Lipinski definition) is 2. The van der Waals surface area contributed by atoms with Crippen LogP contribution in [0.2, 0.25) is 0 Å². The molecule has 0 heterocycles. The van der Waals surface area contributed by atoms with Gasteiger partial charge >= 0.3 is 0 Å². The standard InChI is InChI=1S/C12H17F2NO/c1-9(15-4-2-3-5-16)10-6-11(13)8-12(14)7-10/h6-9,15-16H,2-5H2,1H3. The molecular weight excluding hydrogens is 212 g/mol. The van der Waals surface area contributed by atoms with Gasteiger partial charge in [-0.2, -0.15) is 0 Å². The monoisotopic (exact) mass is 229 g/mol. The molecule has 16 heavy (non-hydrogen) atoms. The zero-order valence-corrected chi connectivity index (χ0v) is 9.34. The average Bonchev–Trinajstić information content (AvgIpc) is 2.22. The number of unbranched alkanes of at least 4 members (excludes halogenated alkanes) is 1. The first-order chi connectivity index (χ1) is 7.63. The second-order valence-electron chi connectivity index (χ2n) is 3.81. The van der Waals surface area contributed by atoms with Gasteiger partial charge in [0.2, 0.25) is 0 Å². The van der Waals surface area contributed by atoms with E-state index in [0.29, 0.717) is 5.56 Å². The van der Waals surface area contributed by atoms with Crippen molar-refractivity contribution in [2.24, 2.45) is 0 Å². The van der Waals surface area contributed by atoms with Gasteiger partial charge in [0.25, 0.3) is 0 Å². The molecule has 0 amide bonds. The molecule has 2 nitrogen and oxygen atoms in total. The van der Waals surface area contributed by atoms with Crippen molar-refractivity contribution in [1.82, 2.24) is 5.32 Å². The van der Waals surface area contributed by atoms with Crippen LogP contribution in [0.15, 0.2) is 18.2 Å². The van der Waals surface area contributed by atoms with Crippen molar-refractivity contribution in [2.75, 3.05) is 13.2 Å². The number of aliphatic hydroxyl groups excluding tert-OH is 1. The van der Waals surface area contributed by atoms with Gasteiger partial charge < -0.3 is 10.4 Å². The van der Waals surface area contributed by atoms with E-state index in [0.717, 1.165) is 25.5 Å².